The Morgan fingerprint density at radius 2 is 1.82 bits per heavy atom. The van der Waals surface area contributed by atoms with Crippen molar-refractivity contribution in [2.24, 2.45) is 5.10 Å². The van der Waals surface area contributed by atoms with Crippen LogP contribution in [-0.2, 0) is 4.79 Å². The van der Waals surface area contributed by atoms with Gasteiger partial charge in [0.1, 0.15) is 5.69 Å². The zero-order valence-corrected chi connectivity index (χ0v) is 11.9. The van der Waals surface area contributed by atoms with Gasteiger partial charge in [0.25, 0.3) is 0 Å². The molecule has 0 saturated heterocycles. The first-order valence-electron chi connectivity index (χ1n) is 7.21. The number of carbonyl (C=O) groups excluding carboxylic acids is 1. The van der Waals surface area contributed by atoms with Crippen LogP contribution >= 0.6 is 0 Å². The second-order valence-electron chi connectivity index (χ2n) is 5.21. The smallest absolute Gasteiger partial charge is 0.240 e. The molecule has 3 heterocycles. The molecule has 5 heteroatoms. The fourth-order valence-electron chi connectivity index (χ4n) is 2.74. The Hall–Kier alpha value is -2.95. The summed E-state index contributed by atoms with van der Waals surface area (Å²) in [4.78, 5) is 11.4. The van der Waals surface area contributed by atoms with E-state index in [0.717, 1.165) is 28.0 Å². The number of benzene rings is 1. The number of hydrogen-bond donors (Lipinski definition) is 1. The lowest BCUT2D eigenvalue weighted by Gasteiger charge is -2.12. The molecule has 22 heavy (non-hydrogen) atoms. The van der Waals surface area contributed by atoms with Gasteiger partial charge in [-0.2, -0.15) is 10.2 Å². The SMILES string of the molecule is O=C1CCC(c2c(-c3ccccc3)nn3ccccc23)=NN1. The molecule has 1 aromatic carbocycles. The van der Waals surface area contributed by atoms with E-state index in [1.165, 1.54) is 0 Å². The predicted octanol–water partition coefficient (Wildman–Crippen LogP) is 2.62. The monoisotopic (exact) mass is 290 g/mol. The predicted molar refractivity (Wildman–Crippen MR) is 84.5 cm³/mol. The van der Waals surface area contributed by atoms with Crippen LogP contribution in [0, 0.1) is 0 Å². The third-order valence-electron chi connectivity index (χ3n) is 3.78. The Morgan fingerprint density at radius 1 is 1.00 bits per heavy atom. The van der Waals surface area contributed by atoms with Crippen molar-refractivity contribution in [2.45, 2.75) is 12.8 Å². The molecular formula is C17H14N4O. The Morgan fingerprint density at radius 3 is 2.59 bits per heavy atom. The van der Waals surface area contributed by atoms with Gasteiger partial charge in [-0.15, -0.1) is 0 Å². The van der Waals surface area contributed by atoms with E-state index in [-0.39, 0.29) is 5.91 Å². The van der Waals surface area contributed by atoms with Crippen LogP contribution in [0.2, 0.25) is 0 Å². The zero-order chi connectivity index (χ0) is 14.9. The average molecular weight is 290 g/mol. The lowest BCUT2D eigenvalue weighted by molar-refractivity contribution is -0.121. The number of rotatable bonds is 2. The van der Waals surface area contributed by atoms with Gasteiger partial charge in [-0.3, -0.25) is 4.79 Å². The van der Waals surface area contributed by atoms with E-state index in [2.05, 4.69) is 10.5 Å². The molecule has 0 spiro atoms. The zero-order valence-electron chi connectivity index (χ0n) is 11.9. The van der Waals surface area contributed by atoms with Crippen LogP contribution in [0.5, 0.6) is 0 Å². The first-order valence-corrected chi connectivity index (χ1v) is 7.21. The van der Waals surface area contributed by atoms with Gasteiger partial charge in [0.05, 0.1) is 16.8 Å². The van der Waals surface area contributed by atoms with Crippen molar-refractivity contribution >= 4 is 17.1 Å². The largest absolute Gasteiger partial charge is 0.273 e. The van der Waals surface area contributed by atoms with Gasteiger partial charge in [-0.05, 0) is 12.1 Å². The molecule has 1 amide bonds. The highest BCUT2D eigenvalue weighted by Crippen LogP contribution is 2.28. The Labute approximate surface area is 127 Å². The van der Waals surface area contributed by atoms with Crippen molar-refractivity contribution in [3.05, 3.63) is 60.3 Å². The molecule has 1 N–H and O–H groups in total. The number of carbonyl (C=O) groups is 1. The van der Waals surface area contributed by atoms with Crippen molar-refractivity contribution in [1.82, 2.24) is 15.0 Å². The summed E-state index contributed by atoms with van der Waals surface area (Å²) >= 11 is 0. The summed E-state index contributed by atoms with van der Waals surface area (Å²) in [5.41, 5.74) is 7.37. The van der Waals surface area contributed by atoms with Gasteiger partial charge in [-0.1, -0.05) is 36.4 Å². The molecule has 1 aliphatic rings. The van der Waals surface area contributed by atoms with Gasteiger partial charge in [0.15, 0.2) is 0 Å². The minimum Gasteiger partial charge on any atom is -0.273 e. The van der Waals surface area contributed by atoms with E-state index >= 15 is 0 Å². The normalized spacial score (nSPS) is 14.7. The molecular weight excluding hydrogens is 276 g/mol. The minimum absolute atomic E-state index is 0.0403. The number of fused-ring (bicyclic) bond motifs is 1. The Bertz CT molecular complexity index is 880. The van der Waals surface area contributed by atoms with Gasteiger partial charge in [0.2, 0.25) is 5.91 Å². The van der Waals surface area contributed by atoms with E-state index in [4.69, 9.17) is 5.10 Å². The van der Waals surface area contributed by atoms with Crippen molar-refractivity contribution < 1.29 is 4.79 Å². The number of pyridine rings is 1. The lowest BCUT2D eigenvalue weighted by atomic mass is 9.99. The second kappa shape index (κ2) is 5.11. The van der Waals surface area contributed by atoms with Gasteiger partial charge < -0.3 is 0 Å². The van der Waals surface area contributed by atoms with Crippen molar-refractivity contribution in [2.75, 3.05) is 0 Å². The number of nitrogens with one attached hydrogen (secondary N) is 1. The molecule has 0 atom stereocenters. The molecule has 0 fully saturated rings. The quantitative estimate of drug-likeness (QED) is 0.788. The Balaban J connectivity index is 1.97. The van der Waals surface area contributed by atoms with E-state index in [0.29, 0.717) is 12.8 Å². The second-order valence-corrected chi connectivity index (χ2v) is 5.21. The summed E-state index contributed by atoms with van der Waals surface area (Å²) in [7, 11) is 0. The maximum atomic E-state index is 11.4. The third kappa shape index (κ3) is 2.07. The highest BCUT2D eigenvalue weighted by molar-refractivity contribution is 6.12. The van der Waals surface area contributed by atoms with Gasteiger partial charge in [0, 0.05) is 24.6 Å². The maximum Gasteiger partial charge on any atom is 0.240 e. The molecule has 4 rings (SSSR count). The van der Waals surface area contributed by atoms with Gasteiger partial charge >= 0.3 is 0 Å². The molecule has 1 aliphatic heterocycles. The standard InChI is InChI=1S/C17H14N4O/c22-15-10-9-13(18-19-15)16-14-8-4-5-11-21(14)20-17(16)12-6-2-1-3-7-12/h1-8,11H,9-10H2,(H,19,22). The number of nitrogens with zero attached hydrogens (tertiary/aromatic N) is 3. The van der Waals surface area contributed by atoms with Crippen LogP contribution in [0.4, 0.5) is 0 Å². The summed E-state index contributed by atoms with van der Waals surface area (Å²) in [6.07, 6.45) is 3.01. The van der Waals surface area contributed by atoms with Crippen molar-refractivity contribution in [3.63, 3.8) is 0 Å². The van der Waals surface area contributed by atoms with Crippen LogP contribution in [0.1, 0.15) is 18.4 Å². The maximum absolute atomic E-state index is 11.4. The van der Waals surface area contributed by atoms with Crippen LogP contribution in [0.15, 0.2) is 59.8 Å². The van der Waals surface area contributed by atoms with Crippen LogP contribution in [0.25, 0.3) is 16.8 Å². The molecule has 108 valence electrons. The number of amides is 1. The molecule has 3 aromatic rings. The topological polar surface area (TPSA) is 58.8 Å². The summed E-state index contributed by atoms with van der Waals surface area (Å²) in [5, 5.41) is 8.95. The highest BCUT2D eigenvalue weighted by atomic mass is 16.2. The fourth-order valence-corrected chi connectivity index (χ4v) is 2.74. The molecule has 0 radical (unpaired) electrons. The first kappa shape index (κ1) is 12.8. The van der Waals surface area contributed by atoms with Crippen molar-refractivity contribution in [3.8, 4) is 11.3 Å². The lowest BCUT2D eigenvalue weighted by Crippen LogP contribution is -2.26. The molecule has 0 aliphatic carbocycles. The molecule has 0 bridgehead atoms. The number of hydrogen-bond acceptors (Lipinski definition) is 3. The van der Waals surface area contributed by atoms with Crippen molar-refractivity contribution in [1.29, 1.82) is 0 Å². The molecule has 0 unspecified atom stereocenters. The first-order chi connectivity index (χ1) is 10.8. The minimum atomic E-state index is -0.0403. The highest BCUT2D eigenvalue weighted by Gasteiger charge is 2.22. The fraction of sp³-hybridized carbons (Fsp3) is 0.118. The average Bonchev–Trinajstić information content (AvgIpc) is 2.96. The summed E-state index contributed by atoms with van der Waals surface area (Å²) in [5.74, 6) is -0.0403. The molecule has 0 saturated carbocycles. The van der Waals surface area contributed by atoms with E-state index in [1.54, 1.807) is 0 Å². The van der Waals surface area contributed by atoms with Crippen LogP contribution < -0.4 is 5.43 Å². The molecule has 5 nitrogen and oxygen atoms in total. The number of hydrazone groups is 1. The molecule has 2 aromatic heterocycles. The summed E-state index contributed by atoms with van der Waals surface area (Å²) in [6, 6.07) is 16.0. The summed E-state index contributed by atoms with van der Waals surface area (Å²) in [6.45, 7) is 0. The summed E-state index contributed by atoms with van der Waals surface area (Å²) < 4.78 is 1.86. The van der Waals surface area contributed by atoms with Gasteiger partial charge in [-0.25, -0.2) is 9.94 Å². The van der Waals surface area contributed by atoms with E-state index in [9.17, 15) is 4.79 Å². The van der Waals surface area contributed by atoms with Crippen LogP contribution in [-0.4, -0.2) is 21.2 Å². The third-order valence-corrected chi connectivity index (χ3v) is 3.78. The van der Waals surface area contributed by atoms with Crippen LogP contribution in [0.3, 0.4) is 0 Å². The number of aromatic nitrogens is 2. The Kier molecular flexibility index (Phi) is 2.96. The van der Waals surface area contributed by atoms with E-state index < -0.39 is 0 Å². The van der Waals surface area contributed by atoms with E-state index in [1.807, 2.05) is 59.2 Å².